The lowest BCUT2D eigenvalue weighted by atomic mass is 9.98. The summed E-state index contributed by atoms with van der Waals surface area (Å²) in [6.45, 7) is 9.85. The first kappa shape index (κ1) is 18.9. The van der Waals surface area contributed by atoms with Crippen molar-refractivity contribution in [3.8, 4) is 11.8 Å². The van der Waals surface area contributed by atoms with E-state index >= 15 is 0 Å². The largest absolute Gasteiger partial charge is 0.462 e. The predicted molar refractivity (Wildman–Crippen MR) is 92.9 cm³/mol. The van der Waals surface area contributed by atoms with Crippen LogP contribution >= 0.6 is 0 Å². The molecule has 0 saturated heterocycles. The van der Waals surface area contributed by atoms with Crippen LogP contribution in [0.15, 0.2) is 30.5 Å². The minimum absolute atomic E-state index is 0.0215. The molecule has 0 aliphatic carbocycles. The molecule has 1 heterocycles. The van der Waals surface area contributed by atoms with E-state index in [2.05, 4.69) is 42.5 Å². The fraction of sp³-hybridized carbons (Fsp3) is 0.474. The second-order valence-corrected chi connectivity index (χ2v) is 6.37. The Morgan fingerprint density at radius 2 is 2.17 bits per heavy atom. The van der Waals surface area contributed by atoms with Crippen molar-refractivity contribution >= 4 is 5.97 Å². The maximum atomic E-state index is 11.7. The number of rotatable bonds is 6. The average Bonchev–Trinajstić information content (AvgIpc) is 2.46. The lowest BCUT2D eigenvalue weighted by molar-refractivity contribution is 0.0526. The molecule has 23 heavy (non-hydrogen) atoms. The minimum atomic E-state index is -0.309. The molecule has 0 saturated carbocycles. The Morgan fingerprint density at radius 3 is 2.83 bits per heavy atom. The van der Waals surface area contributed by atoms with E-state index in [1.54, 1.807) is 25.3 Å². The number of carbonyl (C=O) groups is 1. The van der Waals surface area contributed by atoms with Gasteiger partial charge < -0.3 is 4.74 Å². The number of hydrogen-bond acceptors (Lipinski definition) is 4. The molecule has 0 aliphatic rings. The molecule has 0 aliphatic heterocycles. The number of ether oxygens (including phenoxy) is 1. The Kier molecular flexibility index (Phi) is 7.50. The highest BCUT2D eigenvalue weighted by atomic mass is 16.5. The first-order valence-electron chi connectivity index (χ1n) is 7.80. The summed E-state index contributed by atoms with van der Waals surface area (Å²) in [6, 6.07) is 3.45. The zero-order valence-corrected chi connectivity index (χ0v) is 14.7. The number of hydrogen-bond donors (Lipinski definition) is 0. The van der Waals surface area contributed by atoms with Gasteiger partial charge in [0.25, 0.3) is 0 Å². The number of allylic oxidation sites excluding steroid dienone is 1. The third kappa shape index (κ3) is 8.18. The van der Waals surface area contributed by atoms with Gasteiger partial charge in [-0.2, -0.15) is 0 Å². The zero-order valence-electron chi connectivity index (χ0n) is 14.7. The van der Waals surface area contributed by atoms with Crippen molar-refractivity contribution in [3.05, 3.63) is 41.7 Å². The van der Waals surface area contributed by atoms with E-state index in [0.717, 1.165) is 12.2 Å². The molecule has 0 bridgehead atoms. The molecule has 0 atom stereocenters. The number of carbonyl (C=O) groups excluding carboxylic acids is 1. The Labute approximate surface area is 139 Å². The number of likely N-dealkylation sites (N-methyl/N-ethyl adjacent to an activating group) is 1. The summed E-state index contributed by atoms with van der Waals surface area (Å²) in [5.41, 5.74) is 1.40. The van der Waals surface area contributed by atoms with Crippen LogP contribution in [0, 0.1) is 17.3 Å². The van der Waals surface area contributed by atoms with Crippen LogP contribution in [-0.4, -0.2) is 36.1 Å². The topological polar surface area (TPSA) is 42.4 Å². The van der Waals surface area contributed by atoms with Crippen LogP contribution in [0.2, 0.25) is 0 Å². The highest BCUT2D eigenvalue weighted by Crippen LogP contribution is 2.09. The van der Waals surface area contributed by atoms with Crippen molar-refractivity contribution in [1.82, 2.24) is 9.88 Å². The zero-order chi connectivity index (χ0) is 17.3. The molecule has 4 nitrogen and oxygen atoms in total. The van der Waals surface area contributed by atoms with Gasteiger partial charge in [-0.25, -0.2) is 4.79 Å². The summed E-state index contributed by atoms with van der Waals surface area (Å²) < 4.78 is 5.00. The average molecular weight is 314 g/mol. The number of pyridine rings is 1. The Morgan fingerprint density at radius 1 is 1.43 bits per heavy atom. The van der Waals surface area contributed by atoms with Crippen LogP contribution in [0.25, 0.3) is 0 Å². The molecule has 4 heteroatoms. The molecule has 0 aromatic carbocycles. The summed E-state index contributed by atoms with van der Waals surface area (Å²) in [7, 11) is 2.00. The highest BCUT2D eigenvalue weighted by molar-refractivity contribution is 5.89. The minimum Gasteiger partial charge on any atom is -0.462 e. The van der Waals surface area contributed by atoms with Crippen molar-refractivity contribution in [3.63, 3.8) is 0 Å². The molecule has 0 N–H and O–H groups in total. The molecule has 0 fully saturated rings. The smallest absolute Gasteiger partial charge is 0.338 e. The quantitative estimate of drug-likeness (QED) is 0.597. The van der Waals surface area contributed by atoms with Gasteiger partial charge in [-0.1, -0.05) is 17.9 Å². The Balaban J connectivity index is 2.55. The van der Waals surface area contributed by atoms with Gasteiger partial charge in [-0.05, 0) is 53.0 Å². The van der Waals surface area contributed by atoms with Crippen LogP contribution in [0.3, 0.4) is 0 Å². The maximum Gasteiger partial charge on any atom is 0.338 e. The van der Waals surface area contributed by atoms with Gasteiger partial charge in [0.2, 0.25) is 0 Å². The van der Waals surface area contributed by atoms with Gasteiger partial charge in [0, 0.05) is 24.7 Å². The van der Waals surface area contributed by atoms with Crippen LogP contribution < -0.4 is 0 Å². The third-order valence-corrected chi connectivity index (χ3v) is 2.83. The van der Waals surface area contributed by atoms with E-state index in [1.165, 1.54) is 0 Å². The van der Waals surface area contributed by atoms with Crippen LogP contribution in [0.1, 0.15) is 43.7 Å². The van der Waals surface area contributed by atoms with Gasteiger partial charge in [0.15, 0.2) is 0 Å². The van der Waals surface area contributed by atoms with Crippen molar-refractivity contribution in [1.29, 1.82) is 0 Å². The number of aromatic nitrogens is 1. The third-order valence-electron chi connectivity index (χ3n) is 2.83. The van der Waals surface area contributed by atoms with E-state index in [-0.39, 0.29) is 11.4 Å². The second kappa shape index (κ2) is 9.12. The van der Waals surface area contributed by atoms with Gasteiger partial charge in [0.1, 0.15) is 0 Å². The first-order valence-corrected chi connectivity index (χ1v) is 7.80. The van der Waals surface area contributed by atoms with Gasteiger partial charge >= 0.3 is 5.97 Å². The van der Waals surface area contributed by atoms with Crippen molar-refractivity contribution in [2.45, 2.75) is 34.2 Å². The van der Waals surface area contributed by atoms with E-state index in [1.807, 2.05) is 19.2 Å². The first-order chi connectivity index (χ1) is 10.8. The summed E-state index contributed by atoms with van der Waals surface area (Å²) in [5.74, 6) is 5.90. The van der Waals surface area contributed by atoms with Crippen molar-refractivity contribution in [2.24, 2.45) is 5.41 Å². The molecule has 0 spiro atoms. The summed E-state index contributed by atoms with van der Waals surface area (Å²) in [4.78, 5) is 18.1. The van der Waals surface area contributed by atoms with Crippen molar-refractivity contribution < 1.29 is 9.53 Å². The highest BCUT2D eigenvalue weighted by Gasteiger charge is 2.08. The number of esters is 1. The summed E-state index contributed by atoms with van der Waals surface area (Å²) in [5, 5.41) is 0. The van der Waals surface area contributed by atoms with E-state index in [4.69, 9.17) is 4.74 Å². The molecule has 124 valence electrons. The second-order valence-electron chi connectivity index (χ2n) is 6.37. The molecular weight excluding hydrogens is 288 g/mol. The fourth-order valence-electron chi connectivity index (χ4n) is 1.80. The molecule has 0 radical (unpaired) electrons. The monoisotopic (exact) mass is 314 g/mol. The maximum absolute atomic E-state index is 11.7. The lowest BCUT2D eigenvalue weighted by Gasteiger charge is -2.13. The Hall–Kier alpha value is -2.12. The molecular formula is C19H26N2O2. The SMILES string of the molecule is CCOC(=O)c1ccnc(CN(C)CC=CC#CC(C)(C)C)c1. The van der Waals surface area contributed by atoms with E-state index < -0.39 is 0 Å². The summed E-state index contributed by atoms with van der Waals surface area (Å²) in [6.07, 6.45) is 5.54. The predicted octanol–water partition coefficient (Wildman–Crippen LogP) is 3.30. The van der Waals surface area contributed by atoms with E-state index in [9.17, 15) is 4.79 Å². The van der Waals surface area contributed by atoms with Gasteiger partial charge in [-0.15, -0.1) is 0 Å². The Bertz CT molecular complexity index is 604. The molecule has 1 aromatic heterocycles. The normalized spacial score (nSPS) is 11.4. The van der Waals surface area contributed by atoms with Crippen LogP contribution in [-0.2, 0) is 11.3 Å². The molecule has 0 amide bonds. The van der Waals surface area contributed by atoms with Crippen LogP contribution in [0.5, 0.6) is 0 Å². The fourth-order valence-corrected chi connectivity index (χ4v) is 1.80. The lowest BCUT2D eigenvalue weighted by Crippen LogP contribution is -2.18. The van der Waals surface area contributed by atoms with Crippen LogP contribution in [0.4, 0.5) is 0 Å². The van der Waals surface area contributed by atoms with Gasteiger partial charge in [0.05, 0.1) is 17.9 Å². The standard InChI is InChI=1S/C19H26N2O2/c1-6-23-18(22)16-10-12-20-17(14-16)15-21(5)13-9-7-8-11-19(2,3)4/h7,9-10,12,14H,6,13,15H2,1-5H3. The molecule has 1 rings (SSSR count). The molecule has 0 unspecified atom stereocenters. The van der Waals surface area contributed by atoms with E-state index in [0.29, 0.717) is 18.7 Å². The summed E-state index contributed by atoms with van der Waals surface area (Å²) >= 11 is 0. The van der Waals surface area contributed by atoms with Crippen molar-refractivity contribution in [2.75, 3.05) is 20.2 Å². The van der Waals surface area contributed by atoms with Gasteiger partial charge in [-0.3, -0.25) is 9.88 Å². The number of nitrogens with zero attached hydrogens (tertiary/aromatic N) is 2. The molecule has 1 aromatic rings.